The topological polar surface area (TPSA) is 107 Å². The monoisotopic (exact) mass is 315 g/mol. The summed E-state index contributed by atoms with van der Waals surface area (Å²) in [5.41, 5.74) is 1.90. The van der Waals surface area contributed by atoms with E-state index in [0.29, 0.717) is 11.1 Å². The number of aryl methyl sites for hydroxylation is 1. The highest BCUT2D eigenvalue weighted by Crippen LogP contribution is 2.17. The number of rotatable bonds is 5. The van der Waals surface area contributed by atoms with Crippen LogP contribution < -0.4 is 5.32 Å². The first-order valence-electron chi connectivity index (χ1n) is 6.96. The fraction of sp³-hybridized carbons (Fsp3) is 0.176. The van der Waals surface area contributed by atoms with Crippen molar-refractivity contribution in [2.75, 3.05) is 0 Å². The maximum atomic E-state index is 12.1. The Hall–Kier alpha value is -2.70. The van der Waals surface area contributed by atoms with Crippen LogP contribution in [0.2, 0.25) is 0 Å². The Bertz CT molecular complexity index is 740. The molecule has 0 heterocycles. The van der Waals surface area contributed by atoms with Crippen LogP contribution in [0.3, 0.4) is 0 Å². The number of carbonyl (C=O) groups excluding carboxylic acids is 1. The Morgan fingerprint density at radius 1 is 1.09 bits per heavy atom. The lowest BCUT2D eigenvalue weighted by atomic mass is 10.0. The van der Waals surface area contributed by atoms with Gasteiger partial charge in [0.15, 0.2) is 6.29 Å². The van der Waals surface area contributed by atoms with Crippen LogP contribution in [0.1, 0.15) is 43.7 Å². The van der Waals surface area contributed by atoms with E-state index >= 15 is 0 Å². The molecule has 0 atom stereocenters. The van der Waals surface area contributed by atoms with Gasteiger partial charge < -0.3 is 20.6 Å². The van der Waals surface area contributed by atoms with Gasteiger partial charge in [0, 0.05) is 12.1 Å². The lowest BCUT2D eigenvalue weighted by molar-refractivity contribution is -0.0429. The van der Waals surface area contributed by atoms with Crippen LogP contribution in [-0.4, -0.2) is 27.2 Å². The number of carboxylic acids is 1. The van der Waals surface area contributed by atoms with Crippen LogP contribution in [0.15, 0.2) is 42.5 Å². The van der Waals surface area contributed by atoms with Crippen LogP contribution >= 0.6 is 0 Å². The van der Waals surface area contributed by atoms with Gasteiger partial charge in [0.1, 0.15) is 0 Å². The van der Waals surface area contributed by atoms with E-state index in [1.54, 1.807) is 37.3 Å². The molecule has 0 fully saturated rings. The number of carboxylic acid groups (broad SMARTS) is 1. The van der Waals surface area contributed by atoms with Crippen molar-refractivity contribution in [3.63, 3.8) is 0 Å². The van der Waals surface area contributed by atoms with Crippen molar-refractivity contribution in [1.82, 2.24) is 5.32 Å². The summed E-state index contributed by atoms with van der Waals surface area (Å²) in [5, 5.41) is 30.1. The molecule has 0 aliphatic rings. The highest BCUT2D eigenvalue weighted by Gasteiger charge is 2.15. The maximum Gasteiger partial charge on any atom is 0.336 e. The molecule has 6 nitrogen and oxygen atoms in total. The van der Waals surface area contributed by atoms with Crippen LogP contribution in [-0.2, 0) is 6.54 Å². The Morgan fingerprint density at radius 3 is 2.30 bits per heavy atom. The second kappa shape index (κ2) is 7.04. The van der Waals surface area contributed by atoms with Crippen molar-refractivity contribution >= 4 is 11.9 Å². The van der Waals surface area contributed by atoms with Gasteiger partial charge in [0.25, 0.3) is 5.91 Å². The number of nitrogens with one attached hydrogen (secondary N) is 1. The third kappa shape index (κ3) is 3.94. The standard InChI is InChI=1S/C17H17NO5/c1-10-8-11(6-7-12(10)16(20)21)9-18-15(19)13-4-2-3-5-14(13)17(22)23/h2-8,16,20-21H,9H2,1H3,(H,18,19)(H,22,23). The molecule has 0 aliphatic heterocycles. The summed E-state index contributed by atoms with van der Waals surface area (Å²) in [5.74, 6) is -1.64. The van der Waals surface area contributed by atoms with Gasteiger partial charge in [0.2, 0.25) is 0 Å². The molecule has 0 aromatic heterocycles. The van der Waals surface area contributed by atoms with Crippen molar-refractivity contribution in [3.8, 4) is 0 Å². The van der Waals surface area contributed by atoms with E-state index in [2.05, 4.69) is 5.32 Å². The fourth-order valence-electron chi connectivity index (χ4n) is 2.28. The molecular formula is C17H17NO5. The molecule has 0 spiro atoms. The quantitative estimate of drug-likeness (QED) is 0.627. The third-order valence-electron chi connectivity index (χ3n) is 3.47. The number of amides is 1. The second-order valence-electron chi connectivity index (χ2n) is 5.10. The van der Waals surface area contributed by atoms with Crippen molar-refractivity contribution in [1.29, 1.82) is 0 Å². The summed E-state index contributed by atoms with van der Waals surface area (Å²) in [6.07, 6.45) is -1.54. The van der Waals surface area contributed by atoms with Gasteiger partial charge in [-0.05, 0) is 30.2 Å². The Morgan fingerprint density at radius 2 is 1.74 bits per heavy atom. The molecule has 0 bridgehead atoms. The van der Waals surface area contributed by atoms with E-state index in [9.17, 15) is 19.8 Å². The van der Waals surface area contributed by atoms with Gasteiger partial charge in [-0.15, -0.1) is 0 Å². The average Bonchev–Trinajstić information content (AvgIpc) is 2.52. The first kappa shape index (κ1) is 16.7. The van der Waals surface area contributed by atoms with E-state index in [4.69, 9.17) is 5.11 Å². The SMILES string of the molecule is Cc1cc(CNC(=O)c2ccccc2C(=O)O)ccc1C(O)O. The molecule has 0 radical (unpaired) electrons. The molecular weight excluding hydrogens is 298 g/mol. The molecule has 0 aliphatic carbocycles. The van der Waals surface area contributed by atoms with E-state index in [1.165, 1.54) is 12.1 Å². The summed E-state index contributed by atoms with van der Waals surface area (Å²) in [6, 6.07) is 11.0. The van der Waals surface area contributed by atoms with Crippen molar-refractivity contribution in [2.24, 2.45) is 0 Å². The number of benzene rings is 2. The van der Waals surface area contributed by atoms with Gasteiger partial charge in [-0.3, -0.25) is 4.79 Å². The first-order chi connectivity index (χ1) is 10.9. The van der Waals surface area contributed by atoms with Gasteiger partial charge in [-0.1, -0.05) is 30.3 Å². The minimum absolute atomic E-state index is 0.0556. The van der Waals surface area contributed by atoms with E-state index in [-0.39, 0.29) is 17.7 Å². The molecule has 4 N–H and O–H groups in total. The van der Waals surface area contributed by atoms with Crippen LogP contribution in [0.5, 0.6) is 0 Å². The highest BCUT2D eigenvalue weighted by molar-refractivity contribution is 6.04. The van der Waals surface area contributed by atoms with Crippen molar-refractivity contribution in [2.45, 2.75) is 19.8 Å². The number of hydrogen-bond donors (Lipinski definition) is 4. The molecule has 23 heavy (non-hydrogen) atoms. The maximum absolute atomic E-state index is 12.1. The Kier molecular flexibility index (Phi) is 5.10. The third-order valence-corrected chi connectivity index (χ3v) is 3.47. The zero-order valence-electron chi connectivity index (χ0n) is 12.5. The van der Waals surface area contributed by atoms with Gasteiger partial charge >= 0.3 is 5.97 Å². The predicted octanol–water partition coefficient (Wildman–Crippen LogP) is 1.61. The second-order valence-corrected chi connectivity index (χ2v) is 5.10. The smallest absolute Gasteiger partial charge is 0.336 e. The van der Waals surface area contributed by atoms with Gasteiger partial charge in [-0.25, -0.2) is 4.79 Å². The molecule has 6 heteroatoms. The summed E-state index contributed by atoms with van der Waals surface area (Å²) in [7, 11) is 0. The van der Waals surface area contributed by atoms with Gasteiger partial charge in [0.05, 0.1) is 11.1 Å². The van der Waals surface area contributed by atoms with E-state index in [1.807, 2.05) is 0 Å². The minimum atomic E-state index is -1.54. The first-order valence-corrected chi connectivity index (χ1v) is 6.96. The number of hydrogen-bond acceptors (Lipinski definition) is 4. The number of aromatic carboxylic acids is 1. The molecule has 120 valence electrons. The normalized spacial score (nSPS) is 10.6. The minimum Gasteiger partial charge on any atom is -0.478 e. The lowest BCUT2D eigenvalue weighted by Gasteiger charge is -2.11. The van der Waals surface area contributed by atoms with E-state index < -0.39 is 18.2 Å². The zero-order chi connectivity index (χ0) is 17.0. The average molecular weight is 315 g/mol. The lowest BCUT2D eigenvalue weighted by Crippen LogP contribution is -2.25. The molecule has 2 aromatic carbocycles. The van der Waals surface area contributed by atoms with E-state index in [0.717, 1.165) is 5.56 Å². The summed E-state index contributed by atoms with van der Waals surface area (Å²) >= 11 is 0. The van der Waals surface area contributed by atoms with Crippen LogP contribution in [0.25, 0.3) is 0 Å². The molecule has 1 amide bonds. The van der Waals surface area contributed by atoms with Crippen molar-refractivity contribution in [3.05, 3.63) is 70.3 Å². The van der Waals surface area contributed by atoms with Crippen molar-refractivity contribution < 1.29 is 24.9 Å². The van der Waals surface area contributed by atoms with Gasteiger partial charge in [-0.2, -0.15) is 0 Å². The molecule has 0 saturated carbocycles. The summed E-state index contributed by atoms with van der Waals surface area (Å²) in [6.45, 7) is 1.94. The molecule has 2 rings (SSSR count). The highest BCUT2D eigenvalue weighted by atomic mass is 16.5. The molecule has 0 unspecified atom stereocenters. The zero-order valence-corrected chi connectivity index (χ0v) is 12.5. The summed E-state index contributed by atoms with van der Waals surface area (Å²) in [4.78, 5) is 23.3. The molecule has 0 saturated heterocycles. The molecule has 2 aromatic rings. The Balaban J connectivity index is 2.11. The fourth-order valence-corrected chi connectivity index (χ4v) is 2.28. The number of aliphatic hydroxyl groups is 2. The number of carbonyl (C=O) groups is 2. The largest absolute Gasteiger partial charge is 0.478 e. The summed E-state index contributed by atoms with van der Waals surface area (Å²) < 4.78 is 0. The Labute approximate surface area is 133 Å². The predicted molar refractivity (Wildman–Crippen MR) is 82.9 cm³/mol. The van der Waals surface area contributed by atoms with Crippen LogP contribution in [0, 0.1) is 6.92 Å². The van der Waals surface area contributed by atoms with Crippen LogP contribution in [0.4, 0.5) is 0 Å². The number of aliphatic hydroxyl groups excluding tert-OH is 1.